The Bertz CT molecular complexity index is 999. The standard InChI is InChI=1S/C26H39FN2O5Si/c1-25(2,3)33-24(32)29-14-19(34-35(7,8)26(4,5)6)13-22(29)23(31)28-18-11-17-9-16(15-30)10-20(17)21(27)12-18/h11-12,15-16,19,22H,9-10,13-14H2,1-8H3,(H,28,31)/t16?,19?,22-/m0/s1. The number of rotatable bonds is 5. The summed E-state index contributed by atoms with van der Waals surface area (Å²) >= 11 is 0. The summed E-state index contributed by atoms with van der Waals surface area (Å²) in [6, 6.07) is 2.19. The number of aldehydes is 1. The number of carbonyl (C=O) groups is 3. The van der Waals surface area contributed by atoms with Crippen molar-refractivity contribution in [2.75, 3.05) is 11.9 Å². The van der Waals surface area contributed by atoms with Crippen molar-refractivity contribution in [1.82, 2.24) is 4.90 Å². The van der Waals surface area contributed by atoms with E-state index in [1.807, 2.05) is 0 Å². The summed E-state index contributed by atoms with van der Waals surface area (Å²) in [6.45, 7) is 16.3. The fourth-order valence-electron chi connectivity index (χ4n) is 4.36. The molecule has 2 unspecified atom stereocenters. The van der Waals surface area contributed by atoms with E-state index < -0.39 is 37.8 Å². The van der Waals surface area contributed by atoms with Gasteiger partial charge in [0.25, 0.3) is 0 Å². The molecule has 1 heterocycles. The summed E-state index contributed by atoms with van der Waals surface area (Å²) in [6.07, 6.45) is 1.13. The number of amides is 2. The van der Waals surface area contributed by atoms with E-state index in [9.17, 15) is 18.8 Å². The fourth-order valence-corrected chi connectivity index (χ4v) is 5.72. The van der Waals surface area contributed by atoms with Crippen LogP contribution in [0.5, 0.6) is 0 Å². The van der Waals surface area contributed by atoms with Crippen LogP contribution in [0.3, 0.4) is 0 Å². The van der Waals surface area contributed by atoms with E-state index in [0.717, 1.165) is 11.8 Å². The third-order valence-corrected chi connectivity index (χ3v) is 11.7. The molecule has 1 saturated heterocycles. The largest absolute Gasteiger partial charge is 0.444 e. The molecule has 3 rings (SSSR count). The molecule has 1 aliphatic heterocycles. The van der Waals surface area contributed by atoms with E-state index >= 15 is 0 Å². The number of ether oxygens (including phenoxy) is 1. The van der Waals surface area contributed by atoms with Crippen LogP contribution < -0.4 is 5.32 Å². The summed E-state index contributed by atoms with van der Waals surface area (Å²) in [7, 11) is -2.14. The highest BCUT2D eigenvalue weighted by Crippen LogP contribution is 2.39. The Balaban J connectivity index is 1.81. The lowest BCUT2D eigenvalue weighted by Gasteiger charge is -2.38. The number of hydrogen-bond acceptors (Lipinski definition) is 5. The molecule has 1 N–H and O–H groups in total. The number of nitrogens with zero attached hydrogens (tertiary/aromatic N) is 1. The Kier molecular flexibility index (Phi) is 7.54. The molecular formula is C26H39FN2O5Si. The molecule has 3 atom stereocenters. The zero-order valence-electron chi connectivity index (χ0n) is 22.2. The van der Waals surface area contributed by atoms with Gasteiger partial charge in [-0.2, -0.15) is 0 Å². The van der Waals surface area contributed by atoms with E-state index in [4.69, 9.17) is 9.16 Å². The highest BCUT2D eigenvalue weighted by Gasteiger charge is 2.46. The van der Waals surface area contributed by atoms with Gasteiger partial charge >= 0.3 is 6.09 Å². The molecule has 2 amide bonds. The van der Waals surface area contributed by atoms with Gasteiger partial charge in [0.2, 0.25) is 5.91 Å². The Morgan fingerprint density at radius 1 is 1.14 bits per heavy atom. The van der Waals surface area contributed by atoms with Crippen LogP contribution in [0.2, 0.25) is 18.1 Å². The molecule has 7 nitrogen and oxygen atoms in total. The van der Waals surface area contributed by atoms with E-state index in [2.05, 4.69) is 39.2 Å². The average molecular weight is 507 g/mol. The Labute approximate surface area is 208 Å². The molecule has 0 radical (unpaired) electrons. The van der Waals surface area contributed by atoms with Gasteiger partial charge in [-0.25, -0.2) is 9.18 Å². The van der Waals surface area contributed by atoms with Crippen molar-refractivity contribution in [3.8, 4) is 0 Å². The first-order valence-corrected chi connectivity index (χ1v) is 15.2. The molecule has 9 heteroatoms. The van der Waals surface area contributed by atoms with Crippen molar-refractivity contribution in [3.05, 3.63) is 29.1 Å². The van der Waals surface area contributed by atoms with Gasteiger partial charge in [-0.05, 0) is 75.0 Å². The fraction of sp³-hybridized carbons (Fsp3) is 0.654. The summed E-state index contributed by atoms with van der Waals surface area (Å²) in [4.78, 5) is 38.9. The molecule has 0 spiro atoms. The molecule has 1 aliphatic carbocycles. The maximum Gasteiger partial charge on any atom is 0.411 e. The van der Waals surface area contributed by atoms with Gasteiger partial charge in [0, 0.05) is 24.6 Å². The molecule has 1 aromatic rings. The van der Waals surface area contributed by atoms with Gasteiger partial charge in [0.1, 0.15) is 23.7 Å². The number of benzene rings is 1. The molecule has 1 aromatic carbocycles. The van der Waals surface area contributed by atoms with Crippen LogP contribution in [-0.2, 0) is 31.6 Å². The van der Waals surface area contributed by atoms with Crippen molar-refractivity contribution >= 4 is 32.3 Å². The SMILES string of the molecule is CC(C)(C)OC(=O)N1CC(O[Si](C)(C)C(C)(C)C)C[C@H]1C(=O)Nc1cc(F)c2c(c1)CC(C=O)C2. The predicted octanol–water partition coefficient (Wildman–Crippen LogP) is 5.08. The second-order valence-electron chi connectivity index (χ2n) is 12.3. The smallest absolute Gasteiger partial charge is 0.411 e. The van der Waals surface area contributed by atoms with Crippen molar-refractivity contribution < 1.29 is 27.9 Å². The van der Waals surface area contributed by atoms with Crippen LogP contribution >= 0.6 is 0 Å². The van der Waals surface area contributed by atoms with Crippen LogP contribution in [-0.4, -0.2) is 55.8 Å². The monoisotopic (exact) mass is 506 g/mol. The maximum atomic E-state index is 14.7. The highest BCUT2D eigenvalue weighted by molar-refractivity contribution is 6.74. The first-order valence-electron chi connectivity index (χ1n) is 12.3. The number of halogens is 1. The summed E-state index contributed by atoms with van der Waals surface area (Å²) in [5.74, 6) is -1.09. The molecule has 0 bridgehead atoms. The number of hydrogen-bond donors (Lipinski definition) is 1. The van der Waals surface area contributed by atoms with E-state index in [1.54, 1.807) is 26.8 Å². The normalized spacial score (nSPS) is 22.7. The number of nitrogens with one attached hydrogen (secondary N) is 1. The molecule has 194 valence electrons. The Morgan fingerprint density at radius 2 is 1.80 bits per heavy atom. The van der Waals surface area contributed by atoms with Gasteiger partial charge < -0.3 is 19.3 Å². The molecular weight excluding hydrogens is 467 g/mol. The lowest BCUT2D eigenvalue weighted by molar-refractivity contribution is -0.120. The van der Waals surface area contributed by atoms with Crippen molar-refractivity contribution in [3.63, 3.8) is 0 Å². The first-order chi connectivity index (χ1) is 16.0. The Hall–Kier alpha value is -2.26. The highest BCUT2D eigenvalue weighted by atomic mass is 28.4. The molecule has 0 saturated carbocycles. The number of likely N-dealkylation sites (tertiary alicyclic amines) is 1. The van der Waals surface area contributed by atoms with Crippen molar-refractivity contribution in [1.29, 1.82) is 0 Å². The van der Waals surface area contributed by atoms with Crippen LogP contribution in [0, 0.1) is 11.7 Å². The zero-order chi connectivity index (χ0) is 26.3. The lowest BCUT2D eigenvalue weighted by Crippen LogP contribution is -2.46. The minimum Gasteiger partial charge on any atom is -0.444 e. The van der Waals surface area contributed by atoms with Gasteiger partial charge in [0.15, 0.2) is 8.32 Å². The average Bonchev–Trinajstić information content (AvgIpc) is 3.29. The van der Waals surface area contributed by atoms with Crippen LogP contribution in [0.4, 0.5) is 14.9 Å². The third-order valence-electron chi connectivity index (χ3n) is 7.16. The van der Waals surface area contributed by atoms with Crippen LogP contribution in [0.15, 0.2) is 12.1 Å². The zero-order valence-corrected chi connectivity index (χ0v) is 23.2. The van der Waals surface area contributed by atoms with E-state index in [0.29, 0.717) is 30.5 Å². The lowest BCUT2D eigenvalue weighted by atomic mass is 10.1. The first kappa shape index (κ1) is 27.3. The van der Waals surface area contributed by atoms with Crippen LogP contribution in [0.1, 0.15) is 59.1 Å². The summed E-state index contributed by atoms with van der Waals surface area (Å²) in [5, 5.41) is 2.77. The molecule has 1 fully saturated rings. The number of anilines is 1. The number of fused-ring (bicyclic) bond motifs is 1. The van der Waals surface area contributed by atoms with Crippen LogP contribution in [0.25, 0.3) is 0 Å². The van der Waals surface area contributed by atoms with E-state index in [-0.39, 0.29) is 23.6 Å². The maximum absolute atomic E-state index is 14.7. The van der Waals surface area contributed by atoms with Crippen molar-refractivity contribution in [2.24, 2.45) is 5.92 Å². The second kappa shape index (κ2) is 9.65. The topological polar surface area (TPSA) is 84.9 Å². The Morgan fingerprint density at radius 3 is 2.37 bits per heavy atom. The molecule has 35 heavy (non-hydrogen) atoms. The summed E-state index contributed by atoms with van der Waals surface area (Å²) in [5.41, 5.74) is 0.858. The van der Waals surface area contributed by atoms with Gasteiger partial charge in [-0.15, -0.1) is 0 Å². The predicted molar refractivity (Wildman–Crippen MR) is 135 cm³/mol. The second-order valence-corrected chi connectivity index (χ2v) is 17.0. The third kappa shape index (κ3) is 6.30. The van der Waals surface area contributed by atoms with E-state index in [1.165, 1.54) is 11.0 Å². The van der Waals surface area contributed by atoms with Gasteiger partial charge in [0.05, 0.1) is 6.10 Å². The van der Waals surface area contributed by atoms with Gasteiger partial charge in [-0.1, -0.05) is 20.8 Å². The van der Waals surface area contributed by atoms with Gasteiger partial charge in [-0.3, -0.25) is 9.69 Å². The minimum atomic E-state index is -2.14. The minimum absolute atomic E-state index is 0.0224. The quantitative estimate of drug-likeness (QED) is 0.445. The van der Waals surface area contributed by atoms with Crippen molar-refractivity contribution in [2.45, 2.75) is 96.7 Å². The summed E-state index contributed by atoms with van der Waals surface area (Å²) < 4.78 is 26.8. The number of carbonyl (C=O) groups excluding carboxylic acids is 3. The molecule has 2 aliphatic rings. The molecule has 0 aromatic heterocycles.